The van der Waals surface area contributed by atoms with Gasteiger partial charge in [-0.1, -0.05) is 30.5 Å². The van der Waals surface area contributed by atoms with E-state index in [1.54, 1.807) is 24.5 Å². The Hall–Kier alpha value is -0.700. The Morgan fingerprint density at radius 3 is 2.90 bits per heavy atom. The van der Waals surface area contributed by atoms with Crippen LogP contribution in [-0.4, -0.2) is 32.6 Å². The van der Waals surface area contributed by atoms with E-state index in [-0.39, 0.29) is 28.6 Å². The highest BCUT2D eigenvalue weighted by molar-refractivity contribution is 8.68. The highest BCUT2D eigenvalue weighted by Gasteiger charge is 2.54. The van der Waals surface area contributed by atoms with Gasteiger partial charge < -0.3 is 13.8 Å². The van der Waals surface area contributed by atoms with Crippen molar-refractivity contribution in [3.63, 3.8) is 0 Å². The molecule has 7 atom stereocenters. The maximum Gasteiger partial charge on any atom is 0.330 e. The maximum atomic E-state index is 12.3. The summed E-state index contributed by atoms with van der Waals surface area (Å²) in [4.78, 5) is 26.4. The molecule has 172 valence electrons. The van der Waals surface area contributed by atoms with E-state index in [1.165, 1.54) is 10.1 Å². The number of ether oxygens (including phenoxy) is 1. The molecule has 4 rings (SSSR count). The Balaban J connectivity index is 1.51. The van der Waals surface area contributed by atoms with Crippen LogP contribution in [0.3, 0.4) is 0 Å². The van der Waals surface area contributed by atoms with Crippen molar-refractivity contribution in [3.8, 4) is 0 Å². The fourth-order valence-electron chi connectivity index (χ4n) is 4.74. The molecular weight excluding hydrogens is 455 g/mol. The number of nitrogens with zero attached hydrogens (tertiary/aromatic N) is 1. The minimum Gasteiger partial charge on any atom is -0.352 e. The highest BCUT2D eigenvalue weighted by Crippen LogP contribution is 2.76. The third-order valence-corrected chi connectivity index (χ3v) is 12.5. The van der Waals surface area contributed by atoms with Crippen LogP contribution >= 0.6 is 17.1 Å². The van der Waals surface area contributed by atoms with Crippen LogP contribution in [0.5, 0.6) is 0 Å². The van der Waals surface area contributed by atoms with E-state index in [1.807, 2.05) is 6.92 Å². The summed E-state index contributed by atoms with van der Waals surface area (Å²) in [6.45, 7) is 12.2. The first-order valence-electron chi connectivity index (χ1n) is 10.8. The van der Waals surface area contributed by atoms with Gasteiger partial charge in [-0.25, -0.2) is 4.79 Å². The largest absolute Gasteiger partial charge is 0.352 e. The molecule has 1 N–H and O–H groups in total. The van der Waals surface area contributed by atoms with Gasteiger partial charge >= 0.3 is 5.69 Å². The summed E-state index contributed by atoms with van der Waals surface area (Å²) >= 11 is 7.65. The lowest BCUT2D eigenvalue weighted by Crippen LogP contribution is -2.39. The third-order valence-electron chi connectivity index (χ3n) is 6.75. The van der Waals surface area contributed by atoms with Crippen LogP contribution in [0.4, 0.5) is 0 Å². The molecule has 1 aromatic rings. The van der Waals surface area contributed by atoms with E-state index in [4.69, 9.17) is 25.6 Å². The molecule has 1 aromatic heterocycles. The number of aryl methyl sites for hydroxylation is 1. The average molecular weight is 487 g/mol. The summed E-state index contributed by atoms with van der Waals surface area (Å²) in [5, 5.41) is 0. The lowest BCUT2D eigenvalue weighted by molar-refractivity contribution is -0.0188. The molecule has 3 heterocycles. The van der Waals surface area contributed by atoms with Crippen LogP contribution in [0.15, 0.2) is 27.9 Å². The van der Waals surface area contributed by atoms with E-state index in [2.05, 4.69) is 25.4 Å². The van der Waals surface area contributed by atoms with Crippen molar-refractivity contribution in [2.24, 2.45) is 5.92 Å². The van der Waals surface area contributed by atoms with Gasteiger partial charge in [-0.15, -0.1) is 0 Å². The lowest BCUT2D eigenvalue weighted by Gasteiger charge is -2.37. The van der Waals surface area contributed by atoms with Gasteiger partial charge in [0.05, 0.1) is 18.3 Å². The average Bonchev–Trinajstić information content (AvgIpc) is 3.20. The molecule has 0 radical (unpaired) electrons. The Labute approximate surface area is 191 Å². The first-order valence-corrected chi connectivity index (χ1v) is 14.9. The zero-order valence-electron chi connectivity index (χ0n) is 18.5. The van der Waals surface area contributed by atoms with E-state index < -0.39 is 17.6 Å². The minimum atomic E-state index is -2.55. The molecule has 3 aliphatic rings. The fraction of sp³-hybridized carbons (Fsp3) is 0.714. The molecule has 0 amide bonds. The predicted octanol–water partition coefficient (Wildman–Crippen LogP) is 4.42. The van der Waals surface area contributed by atoms with Crippen LogP contribution < -0.4 is 11.2 Å². The van der Waals surface area contributed by atoms with Crippen molar-refractivity contribution in [1.82, 2.24) is 9.55 Å². The van der Waals surface area contributed by atoms with Gasteiger partial charge in [0.2, 0.25) is 5.69 Å². The molecule has 10 heteroatoms. The first-order chi connectivity index (χ1) is 14.5. The zero-order valence-corrected chi connectivity index (χ0v) is 21.0. The van der Waals surface area contributed by atoms with Crippen LogP contribution in [0.2, 0.25) is 0 Å². The predicted molar refractivity (Wildman–Crippen MR) is 127 cm³/mol. The Kier molecular flexibility index (Phi) is 6.49. The number of rotatable bonds is 5. The molecule has 2 saturated heterocycles. The zero-order chi connectivity index (χ0) is 22.6. The lowest BCUT2D eigenvalue weighted by atomic mass is 9.77. The molecule has 7 nitrogen and oxygen atoms in total. The quantitative estimate of drug-likeness (QED) is 0.487. The molecule has 0 bridgehead atoms. The number of aromatic nitrogens is 2. The van der Waals surface area contributed by atoms with Gasteiger partial charge in [-0.3, -0.25) is 14.3 Å². The molecule has 0 aromatic carbocycles. The molecule has 0 unspecified atom stereocenters. The van der Waals surface area contributed by atoms with Gasteiger partial charge in [0.1, 0.15) is 6.23 Å². The summed E-state index contributed by atoms with van der Waals surface area (Å²) in [6.07, 6.45) is 4.97. The highest BCUT2D eigenvalue weighted by atomic mass is 32.9. The van der Waals surface area contributed by atoms with E-state index >= 15 is 0 Å². The molecule has 1 saturated carbocycles. The van der Waals surface area contributed by atoms with Gasteiger partial charge in [0.25, 0.3) is 5.56 Å². The van der Waals surface area contributed by atoms with Crippen molar-refractivity contribution in [2.45, 2.75) is 89.1 Å². The minimum absolute atomic E-state index is 0.0327. The second-order valence-corrected chi connectivity index (χ2v) is 15.7. The molecule has 0 spiro atoms. The number of nitrogens with one attached hydrogen (secondary N) is 1. The van der Waals surface area contributed by atoms with Crippen molar-refractivity contribution < 1.29 is 13.8 Å². The summed E-state index contributed by atoms with van der Waals surface area (Å²) < 4.78 is 20.5. The van der Waals surface area contributed by atoms with E-state index in [9.17, 15) is 9.59 Å². The van der Waals surface area contributed by atoms with Crippen LogP contribution in [0, 0.1) is 12.8 Å². The maximum absolute atomic E-state index is 12.3. The first kappa shape index (κ1) is 23.5. The van der Waals surface area contributed by atoms with E-state index in [0.717, 1.165) is 25.7 Å². The number of H-pyrrole nitrogens is 1. The van der Waals surface area contributed by atoms with Crippen molar-refractivity contribution in [2.75, 3.05) is 0 Å². The van der Waals surface area contributed by atoms with Crippen molar-refractivity contribution in [3.05, 3.63) is 44.8 Å². The van der Waals surface area contributed by atoms with Gasteiger partial charge in [-0.05, 0) is 64.2 Å². The van der Waals surface area contributed by atoms with Crippen LogP contribution in [0.1, 0.15) is 64.7 Å². The second kappa shape index (κ2) is 8.58. The standard InChI is InChI=1S/C21H31N2O5PS2/c1-6-15-16(10-18(26-15)23-11-13(4)19(24)22-20(23)25)27-29(30)28-17-9-14(12(2)3)7-8-21(17,5)31-29/h11,14-18H,2,6-10H2,1,3-5H3,(H,22,24,25)/t14-,15-,16+,17+,18-,21+,29-/m1/s1. The third kappa shape index (κ3) is 4.55. The monoisotopic (exact) mass is 486 g/mol. The summed E-state index contributed by atoms with van der Waals surface area (Å²) in [6, 6.07) is 0. The Bertz CT molecular complexity index is 1040. The summed E-state index contributed by atoms with van der Waals surface area (Å²) in [5.74, 6) is 0.471. The van der Waals surface area contributed by atoms with Crippen molar-refractivity contribution in [1.29, 1.82) is 0 Å². The smallest absolute Gasteiger partial charge is 0.330 e. The van der Waals surface area contributed by atoms with E-state index in [0.29, 0.717) is 17.9 Å². The topological polar surface area (TPSA) is 82.6 Å². The Morgan fingerprint density at radius 1 is 1.48 bits per heavy atom. The van der Waals surface area contributed by atoms with Crippen LogP contribution in [-0.2, 0) is 25.6 Å². The van der Waals surface area contributed by atoms with Crippen molar-refractivity contribution >= 4 is 28.9 Å². The number of hydrogen-bond acceptors (Lipinski definition) is 7. The number of hydrogen-bond donors (Lipinski definition) is 1. The molecule has 3 fully saturated rings. The molecule has 31 heavy (non-hydrogen) atoms. The fourth-order valence-corrected chi connectivity index (χ4v) is 12.4. The molecule has 2 aliphatic heterocycles. The van der Waals surface area contributed by atoms with Gasteiger partial charge in [-0.2, -0.15) is 0 Å². The van der Waals surface area contributed by atoms with Gasteiger partial charge in [0.15, 0.2) is 0 Å². The second-order valence-electron chi connectivity index (χ2n) is 9.16. The molecular formula is C21H31N2O5PS2. The SMILES string of the molecule is C=C(C)[C@@H]1CC[C@]2(C)S[P@](=S)(O[C@H]3C[C@H](n4cc(C)c(=O)[nH]c4=O)O[C@@H]3CC)O[C@H]2C1. The number of fused-ring (bicyclic) bond motifs is 1. The molecule has 1 aliphatic carbocycles. The normalized spacial score (nSPS) is 40.1. The van der Waals surface area contributed by atoms with Crippen LogP contribution in [0.25, 0.3) is 0 Å². The summed E-state index contributed by atoms with van der Waals surface area (Å²) in [7, 11) is 0. The number of aromatic amines is 1. The summed E-state index contributed by atoms with van der Waals surface area (Å²) in [5.41, 5.74) is -1.74. The number of allylic oxidation sites excluding steroid dienone is 1. The van der Waals surface area contributed by atoms with Gasteiger partial charge in [0, 0.05) is 22.9 Å². The Morgan fingerprint density at radius 2 is 2.23 bits per heavy atom.